The molecule has 0 radical (unpaired) electrons. The van der Waals surface area contributed by atoms with Crippen LogP contribution in [0.15, 0.2) is 0 Å². The van der Waals surface area contributed by atoms with Crippen molar-refractivity contribution in [3.05, 3.63) is 0 Å². The fourth-order valence-electron chi connectivity index (χ4n) is 1.70. The quantitative estimate of drug-likeness (QED) is 0.421. The van der Waals surface area contributed by atoms with Gasteiger partial charge >= 0.3 is 17.9 Å². The Morgan fingerprint density at radius 3 is 1.89 bits per heavy atom. The second kappa shape index (κ2) is 6.85. The van der Waals surface area contributed by atoms with Crippen molar-refractivity contribution in [2.24, 2.45) is 0 Å². The summed E-state index contributed by atoms with van der Waals surface area (Å²) >= 11 is 3.18. The van der Waals surface area contributed by atoms with Crippen molar-refractivity contribution < 1.29 is 33.3 Å². The molecule has 0 aromatic rings. The number of halogens is 1. The maximum absolute atomic E-state index is 11.1. The molecule has 0 aromatic carbocycles. The molecule has 1 aliphatic heterocycles. The SMILES string of the molecule is CC(=O)OC1COC(Br)C(OC(C)=O)C1OC(C)=O. The lowest BCUT2D eigenvalue weighted by Crippen LogP contribution is -2.55. The standard InChI is InChI=1S/C11H15BrO7/c1-5(13)17-8-4-16-11(12)10(19-7(3)15)9(8)18-6(2)14/h8-11H,4H2,1-3H3. The van der Waals surface area contributed by atoms with E-state index in [0.29, 0.717) is 0 Å². The molecule has 1 saturated heterocycles. The molecule has 7 nitrogen and oxygen atoms in total. The summed E-state index contributed by atoms with van der Waals surface area (Å²) in [7, 11) is 0. The van der Waals surface area contributed by atoms with Gasteiger partial charge in [-0.15, -0.1) is 0 Å². The smallest absolute Gasteiger partial charge is 0.303 e. The van der Waals surface area contributed by atoms with Crippen molar-refractivity contribution in [1.29, 1.82) is 0 Å². The van der Waals surface area contributed by atoms with Crippen molar-refractivity contribution in [1.82, 2.24) is 0 Å². The Kier molecular flexibility index (Phi) is 5.74. The Morgan fingerprint density at radius 1 is 0.947 bits per heavy atom. The zero-order chi connectivity index (χ0) is 14.6. The van der Waals surface area contributed by atoms with Crippen LogP contribution in [0.3, 0.4) is 0 Å². The molecular weight excluding hydrogens is 324 g/mol. The van der Waals surface area contributed by atoms with Crippen LogP contribution < -0.4 is 0 Å². The lowest BCUT2D eigenvalue weighted by atomic mass is 10.1. The average Bonchev–Trinajstić information content (AvgIpc) is 2.25. The molecule has 19 heavy (non-hydrogen) atoms. The van der Waals surface area contributed by atoms with Gasteiger partial charge in [-0.1, -0.05) is 15.9 Å². The molecule has 1 aliphatic rings. The van der Waals surface area contributed by atoms with Gasteiger partial charge in [-0.05, 0) is 0 Å². The van der Waals surface area contributed by atoms with E-state index in [2.05, 4.69) is 15.9 Å². The molecule has 0 aliphatic carbocycles. The minimum absolute atomic E-state index is 0.0329. The Hall–Kier alpha value is -1.15. The second-order valence-corrected chi connectivity index (χ2v) is 4.88. The Morgan fingerprint density at radius 2 is 1.42 bits per heavy atom. The lowest BCUT2D eigenvalue weighted by Gasteiger charge is -2.38. The highest BCUT2D eigenvalue weighted by Crippen LogP contribution is 2.27. The lowest BCUT2D eigenvalue weighted by molar-refractivity contribution is -0.212. The van der Waals surface area contributed by atoms with Crippen molar-refractivity contribution in [2.75, 3.05) is 6.61 Å². The van der Waals surface area contributed by atoms with Crippen LogP contribution in [0.1, 0.15) is 20.8 Å². The van der Waals surface area contributed by atoms with Crippen LogP contribution in [-0.4, -0.2) is 47.8 Å². The summed E-state index contributed by atoms with van der Waals surface area (Å²) in [4.78, 5) is 33.2. The highest BCUT2D eigenvalue weighted by atomic mass is 79.9. The van der Waals surface area contributed by atoms with E-state index in [-0.39, 0.29) is 6.61 Å². The van der Waals surface area contributed by atoms with Gasteiger partial charge in [0.2, 0.25) is 0 Å². The van der Waals surface area contributed by atoms with Crippen LogP contribution in [-0.2, 0) is 33.3 Å². The molecule has 4 unspecified atom stereocenters. The predicted octanol–water partition coefficient (Wildman–Crippen LogP) is 0.533. The molecule has 0 spiro atoms. The number of alkyl halides is 1. The fraction of sp³-hybridized carbons (Fsp3) is 0.727. The van der Waals surface area contributed by atoms with Gasteiger partial charge in [-0.3, -0.25) is 14.4 Å². The third kappa shape index (κ3) is 4.79. The summed E-state index contributed by atoms with van der Waals surface area (Å²) in [6, 6.07) is 0. The summed E-state index contributed by atoms with van der Waals surface area (Å²) in [5, 5.41) is -0.646. The molecule has 0 aromatic heterocycles. The van der Waals surface area contributed by atoms with Gasteiger partial charge in [0.1, 0.15) is 0 Å². The molecule has 8 heteroatoms. The molecule has 0 N–H and O–H groups in total. The van der Waals surface area contributed by atoms with Gasteiger partial charge in [0, 0.05) is 20.8 Å². The molecular formula is C11H15BrO7. The van der Waals surface area contributed by atoms with Crippen LogP contribution in [0.5, 0.6) is 0 Å². The highest BCUT2D eigenvalue weighted by Gasteiger charge is 2.45. The zero-order valence-corrected chi connectivity index (χ0v) is 12.3. The predicted molar refractivity (Wildman–Crippen MR) is 65.3 cm³/mol. The number of carbonyl (C=O) groups excluding carboxylic acids is 3. The van der Waals surface area contributed by atoms with E-state index in [9.17, 15) is 14.4 Å². The van der Waals surface area contributed by atoms with E-state index in [4.69, 9.17) is 18.9 Å². The number of hydrogen-bond acceptors (Lipinski definition) is 7. The van der Waals surface area contributed by atoms with Crippen LogP contribution in [0.25, 0.3) is 0 Å². The first kappa shape index (κ1) is 15.9. The fourth-order valence-corrected chi connectivity index (χ4v) is 2.26. The minimum Gasteiger partial charge on any atom is -0.456 e. The third-order valence-corrected chi connectivity index (χ3v) is 3.08. The molecule has 0 bridgehead atoms. The number of rotatable bonds is 3. The molecule has 1 fully saturated rings. The minimum atomic E-state index is -0.913. The normalized spacial score (nSPS) is 30.3. The van der Waals surface area contributed by atoms with Crippen LogP contribution in [0, 0.1) is 0 Å². The van der Waals surface area contributed by atoms with Crippen molar-refractivity contribution in [3.8, 4) is 0 Å². The van der Waals surface area contributed by atoms with Crippen molar-refractivity contribution in [3.63, 3.8) is 0 Å². The summed E-state index contributed by atoms with van der Waals surface area (Å²) in [5.74, 6) is -1.67. The molecule has 0 saturated carbocycles. The Balaban J connectivity index is 2.89. The first-order chi connectivity index (χ1) is 8.81. The van der Waals surface area contributed by atoms with Crippen LogP contribution >= 0.6 is 15.9 Å². The van der Waals surface area contributed by atoms with E-state index in [1.165, 1.54) is 20.8 Å². The monoisotopic (exact) mass is 338 g/mol. The molecule has 108 valence electrons. The van der Waals surface area contributed by atoms with Crippen LogP contribution in [0.4, 0.5) is 0 Å². The average molecular weight is 339 g/mol. The van der Waals surface area contributed by atoms with Gasteiger partial charge in [-0.2, -0.15) is 0 Å². The molecule has 1 rings (SSSR count). The second-order valence-electron chi connectivity index (χ2n) is 3.98. The first-order valence-corrected chi connectivity index (χ1v) is 6.50. The molecule has 4 atom stereocenters. The number of ether oxygens (including phenoxy) is 4. The van der Waals surface area contributed by atoms with E-state index < -0.39 is 41.2 Å². The summed E-state index contributed by atoms with van der Waals surface area (Å²) < 4.78 is 20.4. The zero-order valence-electron chi connectivity index (χ0n) is 10.8. The Labute approximate surface area is 118 Å². The van der Waals surface area contributed by atoms with E-state index in [1.807, 2.05) is 0 Å². The maximum atomic E-state index is 11.1. The van der Waals surface area contributed by atoms with E-state index in [1.54, 1.807) is 0 Å². The van der Waals surface area contributed by atoms with Gasteiger partial charge < -0.3 is 18.9 Å². The Bertz CT molecular complexity index is 370. The highest BCUT2D eigenvalue weighted by molar-refractivity contribution is 9.09. The molecule has 0 amide bonds. The maximum Gasteiger partial charge on any atom is 0.303 e. The van der Waals surface area contributed by atoms with Crippen molar-refractivity contribution >= 4 is 33.8 Å². The number of hydrogen-bond donors (Lipinski definition) is 0. The largest absolute Gasteiger partial charge is 0.456 e. The summed E-state index contributed by atoms with van der Waals surface area (Å²) in [6.07, 6.45) is -2.62. The van der Waals surface area contributed by atoms with Gasteiger partial charge in [-0.25, -0.2) is 0 Å². The van der Waals surface area contributed by atoms with Gasteiger partial charge in [0.25, 0.3) is 0 Å². The van der Waals surface area contributed by atoms with Crippen LogP contribution in [0.2, 0.25) is 0 Å². The first-order valence-electron chi connectivity index (χ1n) is 5.58. The van der Waals surface area contributed by atoms with Crippen molar-refractivity contribution in [2.45, 2.75) is 44.1 Å². The number of carbonyl (C=O) groups is 3. The third-order valence-electron chi connectivity index (χ3n) is 2.29. The van der Waals surface area contributed by atoms with E-state index in [0.717, 1.165) is 0 Å². The van der Waals surface area contributed by atoms with E-state index >= 15 is 0 Å². The summed E-state index contributed by atoms with van der Waals surface area (Å²) in [5.41, 5.74) is 0. The van der Waals surface area contributed by atoms with Gasteiger partial charge in [0.15, 0.2) is 23.3 Å². The van der Waals surface area contributed by atoms with Gasteiger partial charge in [0.05, 0.1) is 6.61 Å². The number of esters is 3. The topological polar surface area (TPSA) is 88.1 Å². The molecule has 1 heterocycles. The summed E-state index contributed by atoms with van der Waals surface area (Å²) in [6.45, 7) is 3.70.